The summed E-state index contributed by atoms with van der Waals surface area (Å²) >= 11 is 0. The normalized spacial score (nSPS) is 14.2. The SMILES string of the molecule is CCOC(=O)c1ccnc(N(CC)CC2CC2)c1N. The molecule has 5 nitrogen and oxygen atoms in total. The number of hydrogen-bond acceptors (Lipinski definition) is 5. The lowest BCUT2D eigenvalue weighted by atomic mass is 10.2. The van der Waals surface area contributed by atoms with Crippen LogP contribution in [-0.2, 0) is 4.74 Å². The third kappa shape index (κ3) is 3.16. The van der Waals surface area contributed by atoms with Crippen molar-refractivity contribution >= 4 is 17.5 Å². The van der Waals surface area contributed by atoms with Crippen LogP contribution in [0.3, 0.4) is 0 Å². The second-order valence-electron chi connectivity index (χ2n) is 4.80. The summed E-state index contributed by atoms with van der Waals surface area (Å²) in [5.41, 5.74) is 6.91. The molecule has 2 N–H and O–H groups in total. The van der Waals surface area contributed by atoms with Crippen LogP contribution in [0.2, 0.25) is 0 Å². The summed E-state index contributed by atoms with van der Waals surface area (Å²) in [5, 5.41) is 0. The highest BCUT2D eigenvalue weighted by Gasteiger charge is 2.26. The number of nitrogen functional groups attached to an aromatic ring is 1. The Kier molecular flexibility index (Phi) is 4.24. The Bertz CT molecular complexity index is 458. The second-order valence-corrected chi connectivity index (χ2v) is 4.80. The molecule has 0 amide bonds. The fourth-order valence-corrected chi connectivity index (χ4v) is 2.08. The predicted octanol–water partition coefficient (Wildman–Crippen LogP) is 2.08. The van der Waals surface area contributed by atoms with Crippen LogP contribution in [0.4, 0.5) is 11.5 Å². The van der Waals surface area contributed by atoms with Crippen molar-refractivity contribution in [3.05, 3.63) is 17.8 Å². The van der Waals surface area contributed by atoms with Gasteiger partial charge in [-0.3, -0.25) is 0 Å². The van der Waals surface area contributed by atoms with Gasteiger partial charge >= 0.3 is 5.97 Å². The maximum absolute atomic E-state index is 11.8. The van der Waals surface area contributed by atoms with Crippen LogP contribution < -0.4 is 10.6 Å². The van der Waals surface area contributed by atoms with Crippen molar-refractivity contribution in [3.63, 3.8) is 0 Å². The molecule has 1 aliphatic carbocycles. The van der Waals surface area contributed by atoms with E-state index in [1.54, 1.807) is 19.2 Å². The molecule has 0 spiro atoms. The zero-order valence-electron chi connectivity index (χ0n) is 11.6. The third-order valence-corrected chi connectivity index (χ3v) is 3.32. The first-order valence-electron chi connectivity index (χ1n) is 6.83. The van der Waals surface area contributed by atoms with Crippen LogP contribution in [-0.4, -0.2) is 30.6 Å². The zero-order chi connectivity index (χ0) is 13.8. The number of aromatic nitrogens is 1. The minimum absolute atomic E-state index is 0.343. The summed E-state index contributed by atoms with van der Waals surface area (Å²) in [7, 11) is 0. The van der Waals surface area contributed by atoms with Crippen molar-refractivity contribution in [1.82, 2.24) is 4.98 Å². The highest BCUT2D eigenvalue weighted by molar-refractivity contribution is 5.97. The summed E-state index contributed by atoms with van der Waals surface area (Å²) < 4.78 is 5.01. The van der Waals surface area contributed by atoms with E-state index in [9.17, 15) is 4.79 Å². The number of esters is 1. The van der Waals surface area contributed by atoms with E-state index in [-0.39, 0.29) is 5.97 Å². The number of rotatable bonds is 6. The van der Waals surface area contributed by atoms with Gasteiger partial charge in [0.15, 0.2) is 5.82 Å². The van der Waals surface area contributed by atoms with E-state index >= 15 is 0 Å². The molecule has 1 saturated carbocycles. The number of ether oxygens (including phenoxy) is 1. The van der Waals surface area contributed by atoms with Crippen molar-refractivity contribution in [2.24, 2.45) is 5.92 Å². The predicted molar refractivity (Wildman–Crippen MR) is 75.2 cm³/mol. The molecule has 0 atom stereocenters. The second kappa shape index (κ2) is 5.91. The lowest BCUT2D eigenvalue weighted by Crippen LogP contribution is -2.27. The molecule has 0 aliphatic heterocycles. The number of hydrogen-bond donors (Lipinski definition) is 1. The van der Waals surface area contributed by atoms with Crippen LogP contribution >= 0.6 is 0 Å². The molecule has 1 aliphatic rings. The number of carbonyl (C=O) groups is 1. The number of nitrogens with zero attached hydrogens (tertiary/aromatic N) is 2. The molecular weight excluding hydrogens is 242 g/mol. The molecule has 0 unspecified atom stereocenters. The molecule has 0 bridgehead atoms. The summed E-state index contributed by atoms with van der Waals surface area (Å²) in [4.78, 5) is 18.3. The van der Waals surface area contributed by atoms with Gasteiger partial charge in [-0.15, -0.1) is 0 Å². The summed E-state index contributed by atoms with van der Waals surface area (Å²) in [6.07, 6.45) is 4.16. The van der Waals surface area contributed by atoms with Crippen LogP contribution in [0.5, 0.6) is 0 Å². The average molecular weight is 263 g/mol. The maximum atomic E-state index is 11.8. The van der Waals surface area contributed by atoms with Gasteiger partial charge in [0.05, 0.1) is 17.9 Å². The largest absolute Gasteiger partial charge is 0.462 e. The van der Waals surface area contributed by atoms with Crippen molar-refractivity contribution < 1.29 is 9.53 Å². The van der Waals surface area contributed by atoms with Crippen molar-refractivity contribution in [1.29, 1.82) is 0 Å². The highest BCUT2D eigenvalue weighted by atomic mass is 16.5. The van der Waals surface area contributed by atoms with Gasteiger partial charge in [-0.1, -0.05) is 0 Å². The van der Waals surface area contributed by atoms with Gasteiger partial charge in [-0.25, -0.2) is 9.78 Å². The van der Waals surface area contributed by atoms with E-state index < -0.39 is 0 Å². The van der Waals surface area contributed by atoms with Gasteiger partial charge in [0.25, 0.3) is 0 Å². The molecule has 1 aromatic heterocycles. The minimum Gasteiger partial charge on any atom is -0.462 e. The first kappa shape index (κ1) is 13.6. The molecule has 1 aromatic rings. The highest BCUT2D eigenvalue weighted by Crippen LogP contribution is 2.33. The van der Waals surface area contributed by atoms with Gasteiger partial charge in [0.1, 0.15) is 0 Å². The minimum atomic E-state index is -0.383. The third-order valence-electron chi connectivity index (χ3n) is 3.32. The molecule has 1 fully saturated rings. The standard InChI is InChI=1S/C14H21N3O2/c1-3-17(9-10-5-6-10)13-12(15)11(7-8-16-13)14(18)19-4-2/h7-8,10H,3-6,9,15H2,1-2H3. The molecule has 1 heterocycles. The van der Waals surface area contributed by atoms with Gasteiger partial charge in [0, 0.05) is 19.3 Å². The molecule has 5 heteroatoms. The van der Waals surface area contributed by atoms with Crippen molar-refractivity contribution in [2.45, 2.75) is 26.7 Å². The number of nitrogens with two attached hydrogens (primary N) is 1. The van der Waals surface area contributed by atoms with E-state index in [2.05, 4.69) is 16.8 Å². The van der Waals surface area contributed by atoms with Gasteiger partial charge in [-0.05, 0) is 38.7 Å². The van der Waals surface area contributed by atoms with Crippen LogP contribution in [0, 0.1) is 5.92 Å². The van der Waals surface area contributed by atoms with Crippen LogP contribution in [0.15, 0.2) is 12.3 Å². The van der Waals surface area contributed by atoms with Gasteiger partial charge in [-0.2, -0.15) is 0 Å². The van der Waals surface area contributed by atoms with Gasteiger partial charge in [0.2, 0.25) is 0 Å². The summed E-state index contributed by atoms with van der Waals surface area (Å²) in [6.45, 7) is 5.98. The molecule has 0 saturated heterocycles. The van der Waals surface area contributed by atoms with E-state index in [1.165, 1.54) is 12.8 Å². The monoisotopic (exact) mass is 263 g/mol. The maximum Gasteiger partial charge on any atom is 0.340 e. The Balaban J connectivity index is 2.24. The quantitative estimate of drug-likeness (QED) is 0.796. The van der Waals surface area contributed by atoms with E-state index in [1.807, 2.05) is 0 Å². The summed E-state index contributed by atoms with van der Waals surface area (Å²) in [6, 6.07) is 1.61. The Morgan fingerprint density at radius 3 is 2.84 bits per heavy atom. The average Bonchev–Trinajstić information content (AvgIpc) is 3.21. The fraction of sp³-hybridized carbons (Fsp3) is 0.571. The fourth-order valence-electron chi connectivity index (χ4n) is 2.08. The smallest absolute Gasteiger partial charge is 0.340 e. The number of pyridine rings is 1. The Labute approximate surface area is 113 Å². The Hall–Kier alpha value is -1.78. The van der Waals surface area contributed by atoms with E-state index in [0.717, 1.165) is 19.0 Å². The van der Waals surface area contributed by atoms with Gasteiger partial charge < -0.3 is 15.4 Å². The molecule has 0 aromatic carbocycles. The molecule has 104 valence electrons. The molecule has 19 heavy (non-hydrogen) atoms. The number of anilines is 2. The van der Waals surface area contributed by atoms with Crippen LogP contribution in [0.1, 0.15) is 37.0 Å². The Morgan fingerprint density at radius 1 is 1.53 bits per heavy atom. The van der Waals surface area contributed by atoms with Crippen LogP contribution in [0.25, 0.3) is 0 Å². The first-order valence-corrected chi connectivity index (χ1v) is 6.83. The van der Waals surface area contributed by atoms with Crippen molar-refractivity contribution in [2.75, 3.05) is 30.3 Å². The number of carbonyl (C=O) groups excluding carboxylic acids is 1. The molecule has 0 radical (unpaired) electrons. The Morgan fingerprint density at radius 2 is 2.26 bits per heavy atom. The van der Waals surface area contributed by atoms with E-state index in [0.29, 0.717) is 23.7 Å². The summed E-state index contributed by atoms with van der Waals surface area (Å²) in [5.74, 6) is 1.05. The lowest BCUT2D eigenvalue weighted by Gasteiger charge is -2.23. The van der Waals surface area contributed by atoms with E-state index in [4.69, 9.17) is 10.5 Å². The van der Waals surface area contributed by atoms with Crippen molar-refractivity contribution in [3.8, 4) is 0 Å². The topological polar surface area (TPSA) is 68.5 Å². The lowest BCUT2D eigenvalue weighted by molar-refractivity contribution is 0.0527. The first-order chi connectivity index (χ1) is 9.17. The molecular formula is C14H21N3O2. The zero-order valence-corrected chi connectivity index (χ0v) is 11.6. The molecule has 2 rings (SSSR count).